The Morgan fingerprint density at radius 2 is 1.75 bits per heavy atom. The molecule has 3 heterocycles. The molecule has 2 aromatic carbocycles. The van der Waals surface area contributed by atoms with Crippen LogP contribution in [0.15, 0.2) is 94.8 Å². The molecule has 0 spiro atoms. The summed E-state index contributed by atoms with van der Waals surface area (Å²) in [6.07, 6.45) is -5.75. The van der Waals surface area contributed by atoms with Crippen LogP contribution >= 0.6 is 0 Å². The lowest BCUT2D eigenvalue weighted by atomic mass is 9.82. The number of para-hydroxylation sites is 1. The fraction of sp³-hybridized carbons (Fsp3) is 0.226. The van der Waals surface area contributed by atoms with Crippen LogP contribution in [0, 0.1) is 12.8 Å². The molecule has 0 unspecified atom stereocenters. The molecular formula is C31H27F3N6O4. The maximum atomic E-state index is 14.3. The summed E-state index contributed by atoms with van der Waals surface area (Å²) in [6.45, 7) is 1.48. The number of nitrogens with one attached hydrogen (secondary N) is 1. The van der Waals surface area contributed by atoms with E-state index in [-0.39, 0.29) is 17.1 Å². The maximum Gasteiger partial charge on any atom is 0.389 e. The number of alkyl halides is 3. The van der Waals surface area contributed by atoms with Crippen LogP contribution in [0.3, 0.4) is 0 Å². The van der Waals surface area contributed by atoms with Gasteiger partial charge in [0.1, 0.15) is 12.1 Å². The van der Waals surface area contributed by atoms with E-state index < -0.39 is 54.7 Å². The third kappa shape index (κ3) is 6.36. The Morgan fingerprint density at radius 1 is 1.05 bits per heavy atom. The number of carbonyl (C=O) groups excluding carboxylic acids is 3. The summed E-state index contributed by atoms with van der Waals surface area (Å²) in [5.74, 6) is -5.68. The van der Waals surface area contributed by atoms with Gasteiger partial charge < -0.3 is 15.6 Å². The number of benzodiazepines with no additional fused rings is 1. The van der Waals surface area contributed by atoms with E-state index >= 15 is 0 Å². The summed E-state index contributed by atoms with van der Waals surface area (Å²) >= 11 is 0. The zero-order valence-corrected chi connectivity index (χ0v) is 23.4. The minimum Gasteiger partial charge on any atom is -0.369 e. The van der Waals surface area contributed by atoms with Crippen molar-refractivity contribution in [3.8, 4) is 0 Å². The first-order chi connectivity index (χ1) is 21.0. The number of anilines is 2. The van der Waals surface area contributed by atoms with Crippen molar-refractivity contribution in [2.45, 2.75) is 38.0 Å². The molecule has 3 N–H and O–H groups in total. The van der Waals surface area contributed by atoms with Crippen molar-refractivity contribution in [1.29, 1.82) is 0 Å². The number of pyridine rings is 1. The van der Waals surface area contributed by atoms with Crippen LogP contribution in [-0.4, -0.2) is 45.9 Å². The van der Waals surface area contributed by atoms with Crippen molar-refractivity contribution < 1.29 is 32.1 Å². The molecule has 0 fully saturated rings. The number of rotatable bonds is 9. The van der Waals surface area contributed by atoms with Crippen LogP contribution in [-0.2, 0) is 14.4 Å². The van der Waals surface area contributed by atoms with Crippen LogP contribution in [0.2, 0.25) is 0 Å². The number of hydrogen-bond acceptors (Lipinski definition) is 7. The lowest BCUT2D eigenvalue weighted by Gasteiger charge is -2.27. The number of carbonyl (C=O) groups is 3. The van der Waals surface area contributed by atoms with Gasteiger partial charge in [-0.3, -0.25) is 19.3 Å². The number of aromatic nitrogens is 2. The Bertz CT molecular complexity index is 1690. The van der Waals surface area contributed by atoms with Crippen LogP contribution < -0.4 is 16.0 Å². The van der Waals surface area contributed by atoms with Gasteiger partial charge in [-0.25, -0.2) is 9.98 Å². The normalized spacial score (nSPS) is 16.4. The van der Waals surface area contributed by atoms with Gasteiger partial charge in [-0.2, -0.15) is 13.2 Å². The zero-order valence-electron chi connectivity index (χ0n) is 23.4. The second-order valence-electron chi connectivity index (χ2n) is 10.1. The molecule has 3 atom stereocenters. The number of primary amides is 1. The van der Waals surface area contributed by atoms with E-state index in [0.29, 0.717) is 22.5 Å². The van der Waals surface area contributed by atoms with E-state index in [9.17, 15) is 27.6 Å². The molecule has 1 aliphatic heterocycles. The molecular weight excluding hydrogens is 577 g/mol. The Balaban J connectivity index is 1.62. The Hall–Kier alpha value is -5.33. The second kappa shape index (κ2) is 12.5. The highest BCUT2D eigenvalue weighted by Gasteiger charge is 2.42. The van der Waals surface area contributed by atoms with E-state index in [1.807, 2.05) is 6.07 Å². The lowest BCUT2D eigenvalue weighted by Crippen LogP contribution is -2.49. The molecule has 4 aromatic rings. The monoisotopic (exact) mass is 604 g/mol. The molecule has 3 amide bonds. The van der Waals surface area contributed by atoms with Gasteiger partial charge in [0, 0.05) is 29.3 Å². The Morgan fingerprint density at radius 3 is 2.39 bits per heavy atom. The highest BCUT2D eigenvalue weighted by atomic mass is 19.4. The van der Waals surface area contributed by atoms with E-state index in [4.69, 9.17) is 10.3 Å². The standard InChI is InChI=1S/C31H27F3N6O4/c1-18-22(17-44-39-18)25(21(27(35)41)14-15-31(32,33)34)29(42)38-28-30(43)40(24-13-7-8-16-36-24)23-12-6-5-11-20(23)26(37-28)19-9-3-2-4-10-19/h2-13,16-17,21,25,28H,14-15H2,1H3,(H2,35,41)(H,38,42)/t21-,25-,28-/m1/s1. The van der Waals surface area contributed by atoms with Gasteiger partial charge in [0.15, 0.2) is 0 Å². The van der Waals surface area contributed by atoms with E-state index in [1.54, 1.807) is 66.7 Å². The SMILES string of the molecule is Cc1nocc1[C@H](C(=O)N[C@H]1N=C(c2ccccc2)c2ccccc2N(c2ccccn2)C1=O)[C@@H](CCC(F)(F)F)C(N)=O. The van der Waals surface area contributed by atoms with Crippen molar-refractivity contribution in [1.82, 2.24) is 15.5 Å². The highest BCUT2D eigenvalue weighted by molar-refractivity contribution is 6.21. The van der Waals surface area contributed by atoms with Crippen molar-refractivity contribution >= 4 is 34.9 Å². The van der Waals surface area contributed by atoms with Crippen LogP contribution in [0.4, 0.5) is 24.7 Å². The topological polar surface area (TPSA) is 144 Å². The third-order valence-electron chi connectivity index (χ3n) is 7.23. The molecule has 1 aliphatic rings. The van der Waals surface area contributed by atoms with E-state index in [1.165, 1.54) is 18.0 Å². The van der Waals surface area contributed by atoms with Crippen molar-refractivity contribution in [3.63, 3.8) is 0 Å². The average Bonchev–Trinajstić information content (AvgIpc) is 3.37. The third-order valence-corrected chi connectivity index (χ3v) is 7.23. The Kier molecular flexibility index (Phi) is 8.56. The number of fused-ring (bicyclic) bond motifs is 1. The summed E-state index contributed by atoms with van der Waals surface area (Å²) in [5.41, 5.74) is 7.82. The number of aliphatic imine (C=N–C) groups is 1. The van der Waals surface area contributed by atoms with Crippen LogP contribution in [0.1, 0.15) is 41.1 Å². The first-order valence-corrected chi connectivity index (χ1v) is 13.6. The smallest absolute Gasteiger partial charge is 0.369 e. The minimum absolute atomic E-state index is 0.0617. The maximum absolute atomic E-state index is 14.3. The fourth-order valence-electron chi connectivity index (χ4n) is 5.16. The van der Waals surface area contributed by atoms with E-state index in [0.717, 1.165) is 6.26 Å². The van der Waals surface area contributed by atoms with Gasteiger partial charge in [-0.1, -0.05) is 59.8 Å². The molecule has 2 aromatic heterocycles. The number of nitrogens with two attached hydrogens (primary N) is 1. The van der Waals surface area contributed by atoms with Gasteiger partial charge in [0.2, 0.25) is 18.0 Å². The summed E-state index contributed by atoms with van der Waals surface area (Å²) in [7, 11) is 0. The number of halogens is 3. The number of nitrogens with zero attached hydrogens (tertiary/aromatic N) is 4. The zero-order chi connectivity index (χ0) is 31.4. The molecule has 226 valence electrons. The molecule has 5 rings (SSSR count). The first-order valence-electron chi connectivity index (χ1n) is 13.6. The van der Waals surface area contributed by atoms with Crippen LogP contribution in [0.25, 0.3) is 0 Å². The van der Waals surface area contributed by atoms with Gasteiger partial charge in [0.25, 0.3) is 5.91 Å². The van der Waals surface area contributed by atoms with Crippen LogP contribution in [0.5, 0.6) is 0 Å². The largest absolute Gasteiger partial charge is 0.389 e. The summed E-state index contributed by atoms with van der Waals surface area (Å²) in [6, 6.07) is 21.0. The Labute approximate surface area is 249 Å². The predicted octanol–water partition coefficient (Wildman–Crippen LogP) is 4.56. The summed E-state index contributed by atoms with van der Waals surface area (Å²) in [5, 5.41) is 6.32. The lowest BCUT2D eigenvalue weighted by molar-refractivity contribution is -0.143. The molecule has 0 radical (unpaired) electrons. The van der Waals surface area contributed by atoms with Gasteiger partial charge >= 0.3 is 6.18 Å². The van der Waals surface area contributed by atoms with Gasteiger partial charge in [-0.05, 0) is 31.5 Å². The highest BCUT2D eigenvalue weighted by Crippen LogP contribution is 2.36. The average molecular weight is 605 g/mol. The first kappa shape index (κ1) is 30.1. The number of amides is 3. The number of hydrogen-bond donors (Lipinski definition) is 2. The number of aryl methyl sites for hydroxylation is 1. The quantitative estimate of drug-likeness (QED) is 0.287. The van der Waals surface area contributed by atoms with E-state index in [2.05, 4.69) is 20.4 Å². The molecule has 10 nitrogen and oxygen atoms in total. The second-order valence-corrected chi connectivity index (χ2v) is 10.1. The summed E-state index contributed by atoms with van der Waals surface area (Å²) < 4.78 is 44.6. The molecule has 0 bridgehead atoms. The summed E-state index contributed by atoms with van der Waals surface area (Å²) in [4.78, 5) is 51.1. The van der Waals surface area contributed by atoms with Crippen molar-refractivity contribution in [2.24, 2.45) is 16.6 Å². The molecule has 44 heavy (non-hydrogen) atoms. The van der Waals surface area contributed by atoms with Crippen molar-refractivity contribution in [2.75, 3.05) is 4.90 Å². The minimum atomic E-state index is -4.61. The van der Waals surface area contributed by atoms with Gasteiger partial charge in [0.05, 0.1) is 28.9 Å². The molecule has 13 heteroatoms. The number of benzene rings is 2. The van der Waals surface area contributed by atoms with Crippen molar-refractivity contribution in [3.05, 3.63) is 108 Å². The van der Waals surface area contributed by atoms with Gasteiger partial charge in [-0.15, -0.1) is 0 Å². The molecule has 0 aliphatic carbocycles. The predicted molar refractivity (Wildman–Crippen MR) is 154 cm³/mol. The molecule has 0 saturated heterocycles. The molecule has 0 saturated carbocycles. The fourth-order valence-corrected chi connectivity index (χ4v) is 5.16.